The zero-order valence-electron chi connectivity index (χ0n) is 24.9. The first-order valence-electron chi connectivity index (χ1n) is 14.7. The summed E-state index contributed by atoms with van der Waals surface area (Å²) in [5.74, 6) is -0.0167. The van der Waals surface area contributed by atoms with E-state index in [4.69, 9.17) is 16.3 Å². The van der Waals surface area contributed by atoms with Crippen molar-refractivity contribution in [3.05, 3.63) is 70.4 Å². The molecule has 3 amide bonds. The van der Waals surface area contributed by atoms with Crippen LogP contribution in [0.5, 0.6) is 0 Å². The molecule has 12 heteroatoms. The fraction of sp³-hybridized carbons (Fsp3) is 0.419. The van der Waals surface area contributed by atoms with Gasteiger partial charge in [0.1, 0.15) is 6.61 Å². The van der Waals surface area contributed by atoms with Gasteiger partial charge >= 0.3 is 12.1 Å². The largest absolute Gasteiger partial charge is 0.447 e. The maximum atomic E-state index is 13.5. The van der Waals surface area contributed by atoms with Crippen molar-refractivity contribution in [3.8, 4) is 0 Å². The maximum Gasteiger partial charge on any atom is 0.435 e. The number of hydrogen-bond acceptors (Lipinski definition) is 7. The van der Waals surface area contributed by atoms with Crippen molar-refractivity contribution < 1.29 is 19.1 Å². The van der Waals surface area contributed by atoms with Gasteiger partial charge in [-0.05, 0) is 55.3 Å². The molecule has 228 valence electrons. The van der Waals surface area contributed by atoms with Gasteiger partial charge in [0.05, 0.1) is 24.7 Å². The van der Waals surface area contributed by atoms with Gasteiger partial charge in [0.25, 0.3) is 5.91 Å². The van der Waals surface area contributed by atoms with Gasteiger partial charge < -0.3 is 30.1 Å². The SMILES string of the molecule is CCc1cccc(CC)c1NC(=O)N1Cc2c(NC(=O)c3ccc(N4CCN(C)CC4)cc3)nn(C(=O)OCCCl)c2C1. The topological polar surface area (TPSA) is 112 Å². The first kappa shape index (κ1) is 30.4. The number of aromatic nitrogens is 2. The number of nitrogens with one attached hydrogen (secondary N) is 2. The van der Waals surface area contributed by atoms with E-state index >= 15 is 0 Å². The second-order valence-corrected chi connectivity index (χ2v) is 11.1. The van der Waals surface area contributed by atoms with Gasteiger partial charge in [-0.1, -0.05) is 32.0 Å². The number of para-hydroxylation sites is 1. The van der Waals surface area contributed by atoms with E-state index in [1.807, 2.05) is 44.2 Å². The molecule has 3 aromatic rings. The van der Waals surface area contributed by atoms with Crippen LogP contribution in [-0.4, -0.2) is 83.3 Å². The highest BCUT2D eigenvalue weighted by Gasteiger charge is 2.34. The number of piperazine rings is 1. The lowest BCUT2D eigenvalue weighted by molar-refractivity contribution is 0.102. The minimum atomic E-state index is -0.721. The van der Waals surface area contributed by atoms with Crippen LogP contribution in [0.4, 0.5) is 26.8 Å². The van der Waals surface area contributed by atoms with Crippen LogP contribution in [0.25, 0.3) is 0 Å². The molecule has 0 aliphatic carbocycles. The van der Waals surface area contributed by atoms with Crippen LogP contribution in [0.2, 0.25) is 0 Å². The summed E-state index contributed by atoms with van der Waals surface area (Å²) < 4.78 is 6.33. The Hall–Kier alpha value is -4.09. The van der Waals surface area contributed by atoms with Crippen LogP contribution in [0, 0.1) is 0 Å². The Balaban J connectivity index is 1.34. The van der Waals surface area contributed by atoms with Crippen LogP contribution in [0.3, 0.4) is 0 Å². The molecule has 0 atom stereocenters. The number of nitrogens with zero attached hydrogens (tertiary/aromatic N) is 5. The maximum absolute atomic E-state index is 13.5. The van der Waals surface area contributed by atoms with Crippen molar-refractivity contribution >= 4 is 46.8 Å². The lowest BCUT2D eigenvalue weighted by atomic mass is 10.0. The molecule has 2 N–H and O–H groups in total. The zero-order valence-corrected chi connectivity index (χ0v) is 25.6. The third-order valence-electron chi connectivity index (χ3n) is 8.00. The first-order valence-corrected chi connectivity index (χ1v) is 15.2. The Morgan fingerprint density at radius 2 is 1.60 bits per heavy atom. The summed E-state index contributed by atoms with van der Waals surface area (Å²) in [5, 5.41) is 10.3. The molecule has 0 radical (unpaired) electrons. The van der Waals surface area contributed by atoms with Gasteiger partial charge in [0.2, 0.25) is 0 Å². The van der Waals surface area contributed by atoms with E-state index in [9.17, 15) is 14.4 Å². The number of amides is 3. The third-order valence-corrected chi connectivity index (χ3v) is 8.16. The summed E-state index contributed by atoms with van der Waals surface area (Å²) in [4.78, 5) is 45.8. The average molecular weight is 608 g/mol. The number of urea groups is 1. The first-order chi connectivity index (χ1) is 20.8. The number of halogens is 1. The van der Waals surface area contributed by atoms with Crippen molar-refractivity contribution in [3.63, 3.8) is 0 Å². The predicted octanol–water partition coefficient (Wildman–Crippen LogP) is 4.78. The van der Waals surface area contributed by atoms with Crippen LogP contribution < -0.4 is 15.5 Å². The fourth-order valence-electron chi connectivity index (χ4n) is 5.48. The molecule has 1 aromatic heterocycles. The monoisotopic (exact) mass is 607 g/mol. The molecule has 0 spiro atoms. The van der Waals surface area contributed by atoms with Crippen LogP contribution >= 0.6 is 11.6 Å². The lowest BCUT2D eigenvalue weighted by Gasteiger charge is -2.34. The van der Waals surface area contributed by atoms with Gasteiger partial charge in [-0.3, -0.25) is 4.79 Å². The molecule has 0 bridgehead atoms. The van der Waals surface area contributed by atoms with E-state index < -0.39 is 6.09 Å². The standard InChI is InChI=1S/C31H38ClN7O4/c1-4-21-7-6-8-22(5-2)27(21)33-30(41)38-19-25-26(20-38)39(31(42)43-18-13-32)35-28(25)34-29(40)23-9-11-24(12-10-23)37-16-14-36(3)15-17-37/h6-12H,4-5,13-20H2,1-3H3,(H,33,41)(H,34,35,40). The Morgan fingerprint density at radius 1 is 0.930 bits per heavy atom. The minimum absolute atomic E-state index is 0.00810. The number of ether oxygens (including phenoxy) is 1. The van der Waals surface area contributed by atoms with E-state index in [1.165, 1.54) is 0 Å². The van der Waals surface area contributed by atoms with Crippen molar-refractivity contribution in [2.45, 2.75) is 39.8 Å². The highest BCUT2D eigenvalue weighted by atomic mass is 35.5. The van der Waals surface area contributed by atoms with E-state index in [-0.39, 0.29) is 43.3 Å². The highest BCUT2D eigenvalue weighted by molar-refractivity contribution is 6.18. The molecule has 5 rings (SSSR count). The Bertz CT molecular complexity index is 1460. The molecular weight excluding hydrogens is 570 g/mol. The van der Waals surface area contributed by atoms with Crippen LogP contribution in [0.15, 0.2) is 42.5 Å². The van der Waals surface area contributed by atoms with Crippen molar-refractivity contribution in [1.29, 1.82) is 0 Å². The lowest BCUT2D eigenvalue weighted by Crippen LogP contribution is -2.44. The fourth-order valence-corrected chi connectivity index (χ4v) is 5.56. The van der Waals surface area contributed by atoms with Crippen LogP contribution in [-0.2, 0) is 30.7 Å². The minimum Gasteiger partial charge on any atom is -0.447 e. The van der Waals surface area contributed by atoms with Gasteiger partial charge in [-0.15, -0.1) is 16.7 Å². The van der Waals surface area contributed by atoms with E-state index in [0.29, 0.717) is 16.8 Å². The summed E-state index contributed by atoms with van der Waals surface area (Å²) >= 11 is 5.72. The number of anilines is 3. The Labute approximate surface area is 256 Å². The third kappa shape index (κ3) is 6.62. The number of carbonyl (C=O) groups excluding carboxylic acids is 3. The number of likely N-dealkylation sites (N-methyl/N-ethyl adjacent to an activating group) is 1. The highest BCUT2D eigenvalue weighted by Crippen LogP contribution is 2.31. The number of aryl methyl sites for hydroxylation is 2. The van der Waals surface area contributed by atoms with Crippen molar-refractivity contribution in [1.82, 2.24) is 19.6 Å². The molecule has 2 aliphatic heterocycles. The number of carbonyl (C=O) groups is 3. The molecule has 1 fully saturated rings. The van der Waals surface area contributed by atoms with Gasteiger partial charge in [-0.2, -0.15) is 4.68 Å². The zero-order chi connectivity index (χ0) is 30.5. The molecule has 11 nitrogen and oxygen atoms in total. The molecule has 2 aliphatic rings. The van der Waals surface area contributed by atoms with E-state index in [1.54, 1.807) is 17.0 Å². The van der Waals surface area contributed by atoms with Crippen molar-refractivity contribution in [2.24, 2.45) is 0 Å². The Morgan fingerprint density at radius 3 is 2.23 bits per heavy atom. The molecule has 2 aromatic carbocycles. The summed E-state index contributed by atoms with van der Waals surface area (Å²) in [6.45, 7) is 8.23. The number of benzene rings is 2. The second-order valence-electron chi connectivity index (χ2n) is 10.7. The predicted molar refractivity (Wildman–Crippen MR) is 167 cm³/mol. The smallest absolute Gasteiger partial charge is 0.435 e. The number of fused-ring (bicyclic) bond motifs is 1. The van der Waals surface area contributed by atoms with Crippen LogP contribution in [0.1, 0.15) is 46.6 Å². The number of alkyl halides is 1. The summed E-state index contributed by atoms with van der Waals surface area (Å²) in [7, 11) is 2.11. The summed E-state index contributed by atoms with van der Waals surface area (Å²) in [6.07, 6.45) is 0.829. The quantitative estimate of drug-likeness (QED) is 0.354. The summed E-state index contributed by atoms with van der Waals surface area (Å²) in [5.41, 5.74) is 5.50. The molecule has 3 heterocycles. The molecule has 1 saturated heterocycles. The Kier molecular flexibility index (Phi) is 9.52. The second kappa shape index (κ2) is 13.5. The molecular formula is C31H38ClN7O4. The molecule has 43 heavy (non-hydrogen) atoms. The van der Waals surface area contributed by atoms with Gasteiger partial charge in [0.15, 0.2) is 5.82 Å². The van der Waals surface area contributed by atoms with E-state index in [0.717, 1.165) is 66.2 Å². The number of rotatable bonds is 8. The van der Waals surface area contributed by atoms with Gasteiger partial charge in [-0.25, -0.2) is 9.59 Å². The normalized spacial score (nSPS) is 14.9. The van der Waals surface area contributed by atoms with Crippen molar-refractivity contribution in [2.75, 3.05) is 61.2 Å². The molecule has 0 saturated carbocycles. The van der Waals surface area contributed by atoms with E-state index in [2.05, 4.69) is 32.6 Å². The van der Waals surface area contributed by atoms with Gasteiger partial charge in [0, 0.05) is 48.7 Å². The number of hydrogen-bond donors (Lipinski definition) is 2. The molecule has 0 unspecified atom stereocenters. The average Bonchev–Trinajstić information content (AvgIpc) is 3.61. The summed E-state index contributed by atoms with van der Waals surface area (Å²) in [6, 6.07) is 13.2.